The quantitative estimate of drug-likeness (QED) is 0.747. The zero-order valence-electron chi connectivity index (χ0n) is 11.4. The zero-order valence-corrected chi connectivity index (χ0v) is 11.4. The van der Waals surface area contributed by atoms with Crippen molar-refractivity contribution in [2.75, 3.05) is 34.0 Å². The summed E-state index contributed by atoms with van der Waals surface area (Å²) >= 11 is 0. The van der Waals surface area contributed by atoms with Crippen molar-refractivity contribution >= 4 is 0 Å². The Bertz CT molecular complexity index is 410. The average molecular weight is 293 g/mol. The number of hydrogen-bond donors (Lipinski definition) is 1. The normalized spacial score (nSPS) is 11.4. The van der Waals surface area contributed by atoms with Crippen LogP contribution in [0.3, 0.4) is 0 Å². The van der Waals surface area contributed by atoms with Gasteiger partial charge in [0.25, 0.3) is 0 Å². The first kappa shape index (κ1) is 16.6. The van der Waals surface area contributed by atoms with Crippen molar-refractivity contribution in [3.8, 4) is 11.5 Å². The first-order valence-corrected chi connectivity index (χ1v) is 6.02. The highest BCUT2D eigenvalue weighted by Gasteiger charge is 2.27. The van der Waals surface area contributed by atoms with Crippen LogP contribution in [0.25, 0.3) is 0 Å². The molecule has 0 saturated carbocycles. The maximum absolute atomic E-state index is 11.8. The fourth-order valence-corrected chi connectivity index (χ4v) is 1.55. The molecule has 1 N–H and O–H groups in total. The van der Waals surface area contributed by atoms with Crippen LogP contribution in [-0.2, 0) is 11.3 Å². The molecule has 0 spiro atoms. The molecule has 114 valence electrons. The second kappa shape index (κ2) is 7.96. The van der Waals surface area contributed by atoms with Crippen molar-refractivity contribution in [2.45, 2.75) is 12.7 Å². The van der Waals surface area contributed by atoms with Gasteiger partial charge in [0.1, 0.15) is 18.1 Å². The Hall–Kier alpha value is -1.47. The Morgan fingerprint density at radius 3 is 2.50 bits per heavy atom. The summed E-state index contributed by atoms with van der Waals surface area (Å²) in [6, 6.07) is 5.37. The van der Waals surface area contributed by atoms with Gasteiger partial charge in [-0.2, -0.15) is 13.2 Å². The van der Waals surface area contributed by atoms with Gasteiger partial charge in [0.15, 0.2) is 0 Å². The van der Waals surface area contributed by atoms with E-state index < -0.39 is 12.8 Å². The second-order valence-electron chi connectivity index (χ2n) is 4.02. The molecule has 0 bridgehead atoms. The minimum atomic E-state index is -4.28. The lowest BCUT2D eigenvalue weighted by molar-refractivity contribution is -0.173. The predicted molar refractivity (Wildman–Crippen MR) is 68.1 cm³/mol. The molecular weight excluding hydrogens is 275 g/mol. The highest BCUT2D eigenvalue weighted by Crippen LogP contribution is 2.24. The number of methoxy groups -OCH3 is 2. The number of nitrogens with one attached hydrogen (secondary N) is 1. The SMILES string of the molecule is COc1ccc(CNCCOCC(F)(F)F)c(OC)c1. The Balaban J connectivity index is 2.31. The Morgan fingerprint density at radius 2 is 1.90 bits per heavy atom. The van der Waals surface area contributed by atoms with Crippen LogP contribution < -0.4 is 14.8 Å². The summed E-state index contributed by atoms with van der Waals surface area (Å²) in [7, 11) is 3.11. The minimum absolute atomic E-state index is 0.00200. The molecule has 0 unspecified atom stereocenters. The summed E-state index contributed by atoms with van der Waals surface area (Å²) in [5.41, 5.74) is 0.893. The molecule has 0 atom stereocenters. The molecule has 1 aromatic rings. The smallest absolute Gasteiger partial charge is 0.411 e. The molecule has 4 nitrogen and oxygen atoms in total. The van der Waals surface area contributed by atoms with E-state index in [0.717, 1.165) is 5.56 Å². The fourth-order valence-electron chi connectivity index (χ4n) is 1.55. The zero-order chi connectivity index (χ0) is 15.0. The summed E-state index contributed by atoms with van der Waals surface area (Å²) in [6.07, 6.45) is -4.28. The van der Waals surface area contributed by atoms with Gasteiger partial charge in [0.2, 0.25) is 0 Å². The number of benzene rings is 1. The lowest BCUT2D eigenvalue weighted by Crippen LogP contribution is -2.23. The summed E-state index contributed by atoms with van der Waals surface area (Å²) in [5.74, 6) is 1.34. The van der Waals surface area contributed by atoms with Crippen LogP contribution in [0.4, 0.5) is 13.2 Å². The molecule has 20 heavy (non-hydrogen) atoms. The summed E-state index contributed by atoms with van der Waals surface area (Å²) in [6.45, 7) is -0.424. The van der Waals surface area contributed by atoms with Crippen LogP contribution in [0, 0.1) is 0 Å². The van der Waals surface area contributed by atoms with Gasteiger partial charge in [-0.1, -0.05) is 6.07 Å². The topological polar surface area (TPSA) is 39.7 Å². The number of alkyl halides is 3. The van der Waals surface area contributed by atoms with Crippen molar-refractivity contribution in [3.05, 3.63) is 23.8 Å². The van der Waals surface area contributed by atoms with E-state index in [-0.39, 0.29) is 6.61 Å². The molecule has 0 radical (unpaired) electrons. The van der Waals surface area contributed by atoms with Gasteiger partial charge in [-0.3, -0.25) is 0 Å². The van der Waals surface area contributed by atoms with Crippen LogP contribution >= 0.6 is 0 Å². The largest absolute Gasteiger partial charge is 0.497 e. The number of rotatable bonds is 8. The van der Waals surface area contributed by atoms with E-state index in [0.29, 0.717) is 24.6 Å². The van der Waals surface area contributed by atoms with Crippen LogP contribution in [-0.4, -0.2) is 40.2 Å². The Kier molecular flexibility index (Phi) is 6.60. The van der Waals surface area contributed by atoms with Crippen molar-refractivity contribution in [1.29, 1.82) is 0 Å². The van der Waals surface area contributed by atoms with E-state index in [1.807, 2.05) is 6.07 Å². The van der Waals surface area contributed by atoms with E-state index >= 15 is 0 Å². The molecule has 0 aliphatic carbocycles. The van der Waals surface area contributed by atoms with Gasteiger partial charge in [0.05, 0.1) is 20.8 Å². The Morgan fingerprint density at radius 1 is 1.15 bits per heavy atom. The lowest BCUT2D eigenvalue weighted by Gasteiger charge is -2.12. The van der Waals surface area contributed by atoms with Gasteiger partial charge >= 0.3 is 6.18 Å². The molecule has 0 aliphatic rings. The van der Waals surface area contributed by atoms with E-state index in [1.165, 1.54) is 0 Å². The van der Waals surface area contributed by atoms with Crippen molar-refractivity contribution in [2.24, 2.45) is 0 Å². The van der Waals surface area contributed by atoms with E-state index in [9.17, 15) is 13.2 Å². The highest BCUT2D eigenvalue weighted by atomic mass is 19.4. The summed E-state index contributed by atoms with van der Waals surface area (Å²) in [4.78, 5) is 0. The molecule has 1 aromatic carbocycles. The minimum Gasteiger partial charge on any atom is -0.497 e. The first-order valence-electron chi connectivity index (χ1n) is 6.02. The summed E-state index contributed by atoms with van der Waals surface area (Å²) < 4.78 is 50.3. The maximum atomic E-state index is 11.8. The predicted octanol–water partition coefficient (Wildman–Crippen LogP) is 2.37. The molecule has 0 aliphatic heterocycles. The number of hydrogen-bond acceptors (Lipinski definition) is 4. The average Bonchev–Trinajstić information content (AvgIpc) is 2.41. The van der Waals surface area contributed by atoms with E-state index in [2.05, 4.69) is 10.1 Å². The van der Waals surface area contributed by atoms with Gasteiger partial charge in [0, 0.05) is 24.7 Å². The van der Waals surface area contributed by atoms with E-state index in [4.69, 9.17) is 9.47 Å². The van der Waals surface area contributed by atoms with Crippen LogP contribution in [0.2, 0.25) is 0 Å². The van der Waals surface area contributed by atoms with Gasteiger partial charge < -0.3 is 19.5 Å². The molecule has 0 amide bonds. The van der Waals surface area contributed by atoms with Gasteiger partial charge in [-0.25, -0.2) is 0 Å². The van der Waals surface area contributed by atoms with E-state index in [1.54, 1.807) is 26.4 Å². The third kappa shape index (κ3) is 6.12. The molecule has 0 aromatic heterocycles. The van der Waals surface area contributed by atoms with Gasteiger partial charge in [-0.15, -0.1) is 0 Å². The molecular formula is C13H18F3NO3. The van der Waals surface area contributed by atoms with Crippen LogP contribution in [0.1, 0.15) is 5.56 Å². The molecule has 1 rings (SSSR count). The van der Waals surface area contributed by atoms with Gasteiger partial charge in [-0.05, 0) is 6.07 Å². The Labute approximate surface area is 115 Å². The number of ether oxygens (including phenoxy) is 3. The number of halogens is 3. The molecule has 0 fully saturated rings. The molecule has 0 heterocycles. The fraction of sp³-hybridized carbons (Fsp3) is 0.538. The third-order valence-electron chi connectivity index (χ3n) is 2.50. The van der Waals surface area contributed by atoms with Crippen LogP contribution in [0.15, 0.2) is 18.2 Å². The highest BCUT2D eigenvalue weighted by molar-refractivity contribution is 5.40. The monoisotopic (exact) mass is 293 g/mol. The molecule has 7 heteroatoms. The lowest BCUT2D eigenvalue weighted by atomic mass is 10.2. The maximum Gasteiger partial charge on any atom is 0.411 e. The first-order chi connectivity index (χ1) is 9.46. The van der Waals surface area contributed by atoms with Crippen molar-refractivity contribution in [1.82, 2.24) is 5.32 Å². The van der Waals surface area contributed by atoms with Crippen molar-refractivity contribution in [3.63, 3.8) is 0 Å². The van der Waals surface area contributed by atoms with Crippen LogP contribution in [0.5, 0.6) is 11.5 Å². The third-order valence-corrected chi connectivity index (χ3v) is 2.50. The standard InChI is InChI=1S/C13H18F3NO3/c1-18-11-4-3-10(12(7-11)19-2)8-17-5-6-20-9-13(14,15)16/h3-4,7,17H,5-6,8-9H2,1-2H3. The second-order valence-corrected chi connectivity index (χ2v) is 4.02. The summed E-state index contributed by atoms with van der Waals surface area (Å²) in [5, 5.41) is 2.99. The molecule has 0 saturated heterocycles. The van der Waals surface area contributed by atoms with Crippen molar-refractivity contribution < 1.29 is 27.4 Å².